The summed E-state index contributed by atoms with van der Waals surface area (Å²) in [6.07, 6.45) is 9.69. The summed E-state index contributed by atoms with van der Waals surface area (Å²) in [6.45, 7) is 11.2. The fourth-order valence-corrected chi connectivity index (χ4v) is 7.92. The van der Waals surface area contributed by atoms with Gasteiger partial charge in [0.05, 0.1) is 0 Å². The predicted octanol–water partition coefficient (Wildman–Crippen LogP) is 4.94. The molecule has 4 rings (SSSR count). The van der Waals surface area contributed by atoms with Gasteiger partial charge in [0.2, 0.25) is 0 Å². The average Bonchev–Trinajstić information content (AvgIpc) is 2.96. The Morgan fingerprint density at radius 3 is 2.19 bits per heavy atom. The van der Waals surface area contributed by atoms with E-state index in [0.717, 1.165) is 32.1 Å². The van der Waals surface area contributed by atoms with Crippen LogP contribution in [0, 0.1) is 28.6 Å². The van der Waals surface area contributed by atoms with Crippen LogP contribution in [0.15, 0.2) is 23.3 Å². The lowest BCUT2D eigenvalue weighted by Crippen LogP contribution is -2.58. The van der Waals surface area contributed by atoms with E-state index in [-0.39, 0.29) is 34.7 Å². The highest BCUT2D eigenvalue weighted by Gasteiger charge is 2.67. The first-order valence-corrected chi connectivity index (χ1v) is 11.7. The van der Waals surface area contributed by atoms with Crippen molar-refractivity contribution in [1.82, 2.24) is 0 Å². The Hall–Kier alpha value is -1.91. The fourth-order valence-electron chi connectivity index (χ4n) is 7.92. The minimum Gasteiger partial charge on any atom is -0.458 e. The van der Waals surface area contributed by atoms with E-state index in [0.29, 0.717) is 24.2 Å². The Morgan fingerprint density at radius 1 is 0.903 bits per heavy atom. The van der Waals surface area contributed by atoms with Gasteiger partial charge in [-0.1, -0.05) is 25.5 Å². The van der Waals surface area contributed by atoms with E-state index >= 15 is 0 Å². The number of carbonyl (C=O) groups excluding carboxylic acids is 3. The maximum atomic E-state index is 12.9. The number of ether oxygens (including phenoxy) is 2. The number of allylic oxidation sites excluding steroid dienone is 3. The molecule has 2 fully saturated rings. The summed E-state index contributed by atoms with van der Waals surface area (Å²) in [5, 5.41) is 0. The number of carbonyl (C=O) groups is 3. The molecule has 0 aromatic carbocycles. The third-order valence-electron chi connectivity index (χ3n) is 9.26. The first-order valence-electron chi connectivity index (χ1n) is 11.7. The molecule has 4 aliphatic rings. The number of ketones is 1. The van der Waals surface area contributed by atoms with Crippen molar-refractivity contribution in [3.05, 3.63) is 23.3 Å². The zero-order valence-corrected chi connectivity index (χ0v) is 19.7. The number of esters is 2. The second-order valence-corrected chi connectivity index (χ2v) is 10.8. The van der Waals surface area contributed by atoms with Crippen LogP contribution in [0.2, 0.25) is 0 Å². The van der Waals surface area contributed by atoms with Crippen LogP contribution in [0.4, 0.5) is 0 Å². The third-order valence-corrected chi connectivity index (χ3v) is 9.26. The summed E-state index contributed by atoms with van der Waals surface area (Å²) in [5.74, 6) is 0.550. The summed E-state index contributed by atoms with van der Waals surface area (Å²) in [4.78, 5) is 36.3. The molecule has 0 aromatic rings. The minimum atomic E-state index is -1.000. The number of hydrogen-bond acceptors (Lipinski definition) is 5. The van der Waals surface area contributed by atoms with Crippen molar-refractivity contribution in [2.45, 2.75) is 91.8 Å². The van der Waals surface area contributed by atoms with E-state index in [1.807, 2.05) is 0 Å². The Labute approximate surface area is 185 Å². The predicted molar refractivity (Wildman–Crippen MR) is 117 cm³/mol. The maximum absolute atomic E-state index is 12.9. The largest absolute Gasteiger partial charge is 0.458 e. The van der Waals surface area contributed by atoms with Gasteiger partial charge in [-0.2, -0.15) is 0 Å². The Balaban J connectivity index is 1.73. The van der Waals surface area contributed by atoms with Crippen molar-refractivity contribution < 1.29 is 23.9 Å². The molecule has 0 spiro atoms. The highest BCUT2D eigenvalue weighted by molar-refractivity contribution is 5.89. The van der Waals surface area contributed by atoms with E-state index in [1.54, 1.807) is 6.92 Å². The Bertz CT molecular complexity index is 884. The van der Waals surface area contributed by atoms with Crippen molar-refractivity contribution in [3.63, 3.8) is 0 Å². The summed E-state index contributed by atoms with van der Waals surface area (Å²) < 4.78 is 11.4. The SMILES string of the molecule is CC(=O)O[C@@H]1C=C2C(C)=C[C@@H]3[C@H](CC[C@@]4(C)[C@H]3CC[C@@]4(OC(C)=O)C(C)=O)[C@@]2(C)CC1. The molecule has 5 heteroatoms. The standard InChI is InChI=1S/C26H36O5/c1-15-13-20-21(24(5)10-7-19(14-23(15)24)30-17(3)28)8-11-25(6)22(20)9-12-26(25,16(2)27)31-18(4)29/h13-14,19-22H,7-12H2,1-6H3/t19-,20+,21-,22-,24+,25-,26+/m0/s1. The molecule has 0 aliphatic heterocycles. The zero-order valence-electron chi connectivity index (χ0n) is 19.7. The van der Waals surface area contributed by atoms with Crippen LogP contribution in [-0.4, -0.2) is 29.4 Å². The summed E-state index contributed by atoms with van der Waals surface area (Å²) in [5.41, 5.74) is 1.29. The Kier molecular flexibility index (Phi) is 5.26. The summed E-state index contributed by atoms with van der Waals surface area (Å²) in [7, 11) is 0. The average molecular weight is 429 g/mol. The van der Waals surface area contributed by atoms with Crippen molar-refractivity contribution >= 4 is 17.7 Å². The van der Waals surface area contributed by atoms with Crippen LogP contribution >= 0.6 is 0 Å². The quantitative estimate of drug-likeness (QED) is 0.596. The van der Waals surface area contributed by atoms with Crippen LogP contribution in [0.1, 0.15) is 80.1 Å². The molecular formula is C26H36O5. The molecule has 0 saturated heterocycles. The van der Waals surface area contributed by atoms with Crippen molar-refractivity contribution in [2.75, 3.05) is 0 Å². The lowest BCUT2D eigenvalue weighted by molar-refractivity contribution is -0.185. The van der Waals surface area contributed by atoms with Crippen LogP contribution in [-0.2, 0) is 23.9 Å². The van der Waals surface area contributed by atoms with E-state index < -0.39 is 5.60 Å². The van der Waals surface area contributed by atoms with Crippen LogP contribution in [0.5, 0.6) is 0 Å². The monoisotopic (exact) mass is 428 g/mol. The molecule has 7 atom stereocenters. The molecule has 0 bridgehead atoms. The third kappa shape index (κ3) is 3.14. The van der Waals surface area contributed by atoms with Gasteiger partial charge in [-0.05, 0) is 87.2 Å². The molecular weight excluding hydrogens is 392 g/mol. The molecule has 0 amide bonds. The molecule has 5 nitrogen and oxygen atoms in total. The van der Waals surface area contributed by atoms with E-state index in [2.05, 4.69) is 32.9 Å². The molecule has 170 valence electrons. The summed E-state index contributed by atoms with van der Waals surface area (Å²) in [6, 6.07) is 0. The second-order valence-electron chi connectivity index (χ2n) is 10.8. The molecule has 0 heterocycles. The van der Waals surface area contributed by atoms with Gasteiger partial charge < -0.3 is 9.47 Å². The number of fused-ring (bicyclic) bond motifs is 5. The van der Waals surface area contributed by atoms with E-state index in [9.17, 15) is 14.4 Å². The zero-order chi connectivity index (χ0) is 22.8. The first-order chi connectivity index (χ1) is 14.4. The van der Waals surface area contributed by atoms with E-state index in [4.69, 9.17) is 9.47 Å². The second kappa shape index (κ2) is 7.31. The van der Waals surface area contributed by atoms with Gasteiger partial charge in [-0.25, -0.2) is 0 Å². The highest BCUT2D eigenvalue weighted by Crippen LogP contribution is 2.68. The Morgan fingerprint density at radius 2 is 1.58 bits per heavy atom. The number of hydrogen-bond donors (Lipinski definition) is 0. The summed E-state index contributed by atoms with van der Waals surface area (Å²) >= 11 is 0. The maximum Gasteiger partial charge on any atom is 0.303 e. The van der Waals surface area contributed by atoms with Gasteiger partial charge in [0.15, 0.2) is 11.4 Å². The molecule has 0 aromatic heterocycles. The molecule has 4 aliphatic carbocycles. The molecule has 2 saturated carbocycles. The molecule has 31 heavy (non-hydrogen) atoms. The minimum absolute atomic E-state index is 0.0173. The molecule has 0 unspecified atom stereocenters. The van der Waals surface area contributed by atoms with Gasteiger partial charge >= 0.3 is 11.9 Å². The lowest BCUT2D eigenvalue weighted by atomic mass is 9.47. The first kappa shape index (κ1) is 22.3. The van der Waals surface area contributed by atoms with Crippen LogP contribution in [0.25, 0.3) is 0 Å². The fraction of sp³-hybridized carbons (Fsp3) is 0.731. The smallest absolute Gasteiger partial charge is 0.303 e. The number of rotatable bonds is 3. The van der Waals surface area contributed by atoms with Gasteiger partial charge in [0.25, 0.3) is 0 Å². The highest BCUT2D eigenvalue weighted by atomic mass is 16.6. The lowest BCUT2D eigenvalue weighted by Gasteiger charge is -2.58. The van der Waals surface area contributed by atoms with Crippen LogP contribution < -0.4 is 0 Å². The van der Waals surface area contributed by atoms with Gasteiger partial charge in [0, 0.05) is 19.3 Å². The van der Waals surface area contributed by atoms with Crippen molar-refractivity contribution in [1.29, 1.82) is 0 Å². The van der Waals surface area contributed by atoms with Gasteiger partial charge in [0.1, 0.15) is 6.10 Å². The van der Waals surface area contributed by atoms with E-state index in [1.165, 1.54) is 25.0 Å². The topological polar surface area (TPSA) is 69.7 Å². The molecule has 0 N–H and O–H groups in total. The van der Waals surface area contributed by atoms with Crippen molar-refractivity contribution in [3.8, 4) is 0 Å². The van der Waals surface area contributed by atoms with Gasteiger partial charge in [-0.15, -0.1) is 0 Å². The van der Waals surface area contributed by atoms with Crippen molar-refractivity contribution in [2.24, 2.45) is 28.6 Å². The van der Waals surface area contributed by atoms with Crippen LogP contribution in [0.3, 0.4) is 0 Å². The molecule has 0 radical (unpaired) electrons. The number of Topliss-reactive ketones (excluding diaryl/α,β-unsaturated/α-hetero) is 1. The normalized spacial score (nSPS) is 43.5. The van der Waals surface area contributed by atoms with Gasteiger partial charge in [-0.3, -0.25) is 14.4 Å².